The van der Waals surface area contributed by atoms with Crippen molar-refractivity contribution in [1.82, 2.24) is 0 Å². The highest BCUT2D eigenvalue weighted by Gasteiger charge is 2.56. The average molecular weight is 196 g/mol. The van der Waals surface area contributed by atoms with Crippen LogP contribution >= 0.6 is 0 Å². The first kappa shape index (κ1) is 10.8. The fraction of sp³-hybridized carbons (Fsp3) is 1.00. The normalized spacial score (nSPS) is 50.5. The Balaban J connectivity index is 2.93. The fourth-order valence-corrected chi connectivity index (χ4v) is 1.25. The third kappa shape index (κ3) is 1.44. The van der Waals surface area contributed by atoms with Gasteiger partial charge in [-0.1, -0.05) is 0 Å². The van der Waals surface area contributed by atoms with Gasteiger partial charge in [0.2, 0.25) is 5.79 Å². The van der Waals surface area contributed by atoms with Crippen LogP contribution in [0.5, 0.6) is 0 Å². The first-order valence-corrected chi connectivity index (χ1v) is 3.65. The highest BCUT2D eigenvalue weighted by Crippen LogP contribution is 2.27. The van der Waals surface area contributed by atoms with Crippen LogP contribution in [0.3, 0.4) is 0 Å². The third-order valence-corrected chi connectivity index (χ3v) is 2.22. The lowest BCUT2D eigenvalue weighted by atomic mass is 9.82. The van der Waals surface area contributed by atoms with Gasteiger partial charge in [0.15, 0.2) is 0 Å². The summed E-state index contributed by atoms with van der Waals surface area (Å²) in [6.45, 7) is 0. The van der Waals surface area contributed by atoms with Crippen molar-refractivity contribution in [3.05, 3.63) is 0 Å². The second-order valence-electron chi connectivity index (χ2n) is 3.14. The molecule has 1 aliphatic rings. The van der Waals surface area contributed by atoms with E-state index in [0.29, 0.717) is 0 Å². The van der Waals surface area contributed by atoms with Crippen LogP contribution in [0.15, 0.2) is 0 Å². The van der Waals surface area contributed by atoms with E-state index in [4.69, 9.17) is 35.7 Å². The molecule has 1 fully saturated rings. The molecule has 1 aliphatic carbocycles. The molecule has 0 unspecified atom stereocenters. The summed E-state index contributed by atoms with van der Waals surface area (Å²) in [7, 11) is 0. The maximum atomic E-state index is 8.99. The van der Waals surface area contributed by atoms with Crippen LogP contribution in [0.4, 0.5) is 0 Å². The lowest BCUT2D eigenvalue weighted by Crippen LogP contribution is -2.70. The Kier molecular flexibility index (Phi) is 2.61. The zero-order valence-electron chi connectivity index (χ0n) is 6.52. The molecule has 7 N–H and O–H groups in total. The zero-order chi connectivity index (χ0) is 10.4. The number of aliphatic hydroxyl groups excluding tert-OH is 5. The Morgan fingerprint density at radius 1 is 0.615 bits per heavy atom. The van der Waals surface area contributed by atoms with Crippen molar-refractivity contribution in [2.45, 2.75) is 36.3 Å². The Hall–Kier alpha value is -0.280. The van der Waals surface area contributed by atoms with Crippen LogP contribution in [0.25, 0.3) is 0 Å². The quantitative estimate of drug-likeness (QED) is 0.193. The first-order valence-electron chi connectivity index (χ1n) is 3.65. The minimum Gasteiger partial charge on any atom is -0.387 e. The van der Waals surface area contributed by atoms with E-state index in [1.54, 1.807) is 0 Å². The largest absolute Gasteiger partial charge is 0.387 e. The molecule has 5 atom stereocenters. The van der Waals surface area contributed by atoms with Gasteiger partial charge in [-0.2, -0.15) is 0 Å². The Labute approximate surface area is 73.1 Å². The number of hydrogen-bond acceptors (Lipinski definition) is 7. The molecule has 7 heteroatoms. The molecule has 1 saturated carbocycles. The van der Waals surface area contributed by atoms with Crippen molar-refractivity contribution < 1.29 is 35.7 Å². The minimum atomic E-state index is -3.03. The van der Waals surface area contributed by atoms with Gasteiger partial charge in [0.1, 0.15) is 30.5 Å². The van der Waals surface area contributed by atoms with Gasteiger partial charge >= 0.3 is 0 Å². The van der Waals surface area contributed by atoms with E-state index in [1.807, 2.05) is 0 Å². The molecule has 0 amide bonds. The van der Waals surface area contributed by atoms with Crippen LogP contribution < -0.4 is 0 Å². The van der Waals surface area contributed by atoms with Gasteiger partial charge in [-0.3, -0.25) is 0 Å². The summed E-state index contributed by atoms with van der Waals surface area (Å²) in [6.07, 6.45) is -9.94. The van der Waals surface area contributed by atoms with E-state index < -0.39 is 36.3 Å². The smallest absolute Gasteiger partial charge is 0.221 e. The van der Waals surface area contributed by atoms with Crippen molar-refractivity contribution in [2.24, 2.45) is 0 Å². The van der Waals surface area contributed by atoms with Gasteiger partial charge in [-0.15, -0.1) is 0 Å². The summed E-state index contributed by atoms with van der Waals surface area (Å²) in [5.41, 5.74) is 0. The van der Waals surface area contributed by atoms with Crippen molar-refractivity contribution in [3.63, 3.8) is 0 Å². The lowest BCUT2D eigenvalue weighted by molar-refractivity contribution is -0.344. The van der Waals surface area contributed by atoms with Gasteiger partial charge in [-0.05, 0) is 0 Å². The van der Waals surface area contributed by atoms with Crippen LogP contribution in [0.2, 0.25) is 0 Å². The Bertz CT molecular complexity index is 175. The van der Waals surface area contributed by atoms with Gasteiger partial charge in [0.25, 0.3) is 0 Å². The summed E-state index contributed by atoms with van der Waals surface area (Å²) < 4.78 is 0. The standard InChI is InChI=1S/C6H12O7/c7-1-2(8)4(10)6(12,13)5(11)3(1)9/h1-5,7-13H/t1-,2-,3-,4+,5-/m1/s1. The number of hydrogen-bond donors (Lipinski definition) is 7. The Morgan fingerprint density at radius 2 is 0.923 bits per heavy atom. The van der Waals surface area contributed by atoms with Gasteiger partial charge in [-0.25, -0.2) is 0 Å². The molecule has 0 aromatic carbocycles. The topological polar surface area (TPSA) is 142 Å². The van der Waals surface area contributed by atoms with Crippen LogP contribution in [0.1, 0.15) is 0 Å². The highest BCUT2D eigenvalue weighted by atomic mass is 16.6. The predicted octanol–water partition coefficient (Wildman–Crippen LogP) is -4.51. The van der Waals surface area contributed by atoms with E-state index in [-0.39, 0.29) is 0 Å². The molecule has 0 radical (unpaired) electrons. The van der Waals surface area contributed by atoms with Crippen molar-refractivity contribution in [2.75, 3.05) is 0 Å². The van der Waals surface area contributed by atoms with E-state index in [1.165, 1.54) is 0 Å². The molecule has 0 saturated heterocycles. The monoisotopic (exact) mass is 196 g/mol. The second kappa shape index (κ2) is 3.14. The molecule has 0 aromatic heterocycles. The predicted molar refractivity (Wildman–Crippen MR) is 37.2 cm³/mol. The first-order chi connectivity index (χ1) is 5.80. The van der Waals surface area contributed by atoms with Crippen molar-refractivity contribution in [3.8, 4) is 0 Å². The molecule has 1 rings (SSSR count). The van der Waals surface area contributed by atoms with E-state index >= 15 is 0 Å². The van der Waals surface area contributed by atoms with Gasteiger partial charge < -0.3 is 35.7 Å². The van der Waals surface area contributed by atoms with E-state index in [9.17, 15) is 0 Å². The number of rotatable bonds is 0. The lowest BCUT2D eigenvalue weighted by Gasteiger charge is -2.44. The average Bonchev–Trinajstić information content (AvgIpc) is 2.09. The van der Waals surface area contributed by atoms with Crippen LogP contribution in [0, 0.1) is 0 Å². The molecule has 7 nitrogen and oxygen atoms in total. The maximum Gasteiger partial charge on any atom is 0.221 e. The summed E-state index contributed by atoms with van der Waals surface area (Å²) in [4.78, 5) is 0. The summed E-state index contributed by atoms with van der Waals surface area (Å²) in [6, 6.07) is 0. The molecule has 13 heavy (non-hydrogen) atoms. The third-order valence-electron chi connectivity index (χ3n) is 2.22. The fourth-order valence-electron chi connectivity index (χ4n) is 1.25. The molecular formula is C6H12O7. The van der Waals surface area contributed by atoms with Gasteiger partial charge in [0, 0.05) is 0 Å². The van der Waals surface area contributed by atoms with E-state index in [2.05, 4.69) is 0 Å². The molecule has 78 valence electrons. The summed E-state index contributed by atoms with van der Waals surface area (Å²) >= 11 is 0. The highest BCUT2D eigenvalue weighted by molar-refractivity contribution is 5.02. The summed E-state index contributed by atoms with van der Waals surface area (Å²) in [5, 5.41) is 62.9. The molecular weight excluding hydrogens is 184 g/mol. The zero-order valence-corrected chi connectivity index (χ0v) is 6.52. The molecule has 0 bridgehead atoms. The van der Waals surface area contributed by atoms with Crippen molar-refractivity contribution >= 4 is 0 Å². The number of aliphatic hydroxyl groups is 7. The maximum absolute atomic E-state index is 8.99. The molecule has 0 spiro atoms. The van der Waals surface area contributed by atoms with E-state index in [0.717, 1.165) is 0 Å². The van der Waals surface area contributed by atoms with Crippen LogP contribution in [-0.2, 0) is 0 Å². The van der Waals surface area contributed by atoms with Crippen molar-refractivity contribution in [1.29, 1.82) is 0 Å². The molecule has 0 aliphatic heterocycles. The SMILES string of the molecule is O[C@H]1[C@@H](O)[C@@H](O)C(O)(O)[C@@H](O)[C@@H]1O. The molecule has 0 aromatic rings. The molecule has 0 heterocycles. The van der Waals surface area contributed by atoms with Gasteiger partial charge in [0.05, 0.1) is 0 Å². The summed E-state index contributed by atoms with van der Waals surface area (Å²) in [5.74, 6) is -3.03. The van der Waals surface area contributed by atoms with Crippen LogP contribution in [-0.4, -0.2) is 72.1 Å². The second-order valence-corrected chi connectivity index (χ2v) is 3.14. The minimum absolute atomic E-state index is 1.82. The Morgan fingerprint density at radius 3 is 1.23 bits per heavy atom.